The van der Waals surface area contributed by atoms with E-state index < -0.39 is 0 Å². The molecule has 0 aromatic heterocycles. The molecule has 1 aliphatic rings. The SMILES string of the molecule is CC=CC1CCC(=O)C1. The zero-order valence-corrected chi connectivity index (χ0v) is 5.76. The van der Waals surface area contributed by atoms with E-state index in [4.69, 9.17) is 0 Å². The normalized spacial score (nSPS) is 28.1. The molecule has 1 aliphatic carbocycles. The quantitative estimate of drug-likeness (QED) is 0.488. The molecule has 1 atom stereocenters. The third kappa shape index (κ3) is 1.67. The first-order chi connectivity index (χ1) is 4.33. The summed E-state index contributed by atoms with van der Waals surface area (Å²) in [5.41, 5.74) is 0. The van der Waals surface area contributed by atoms with E-state index in [1.807, 2.05) is 13.0 Å². The largest absolute Gasteiger partial charge is 0.300 e. The maximum atomic E-state index is 10.7. The number of hydrogen-bond acceptors (Lipinski definition) is 1. The van der Waals surface area contributed by atoms with Crippen molar-refractivity contribution in [3.8, 4) is 0 Å². The summed E-state index contributed by atoms with van der Waals surface area (Å²) in [5.74, 6) is 0.987. The lowest BCUT2D eigenvalue weighted by Gasteiger charge is -1.95. The average Bonchev–Trinajstić information content (AvgIpc) is 2.17. The fraction of sp³-hybridized carbons (Fsp3) is 0.625. The Kier molecular flexibility index (Phi) is 2.04. The van der Waals surface area contributed by atoms with E-state index in [0.29, 0.717) is 11.7 Å². The second-order valence-electron chi connectivity index (χ2n) is 2.57. The van der Waals surface area contributed by atoms with Crippen LogP contribution < -0.4 is 0 Å². The summed E-state index contributed by atoms with van der Waals surface area (Å²) in [6, 6.07) is 0. The van der Waals surface area contributed by atoms with Gasteiger partial charge in [0.15, 0.2) is 0 Å². The van der Waals surface area contributed by atoms with Crippen LogP contribution in [0.15, 0.2) is 12.2 Å². The van der Waals surface area contributed by atoms with Gasteiger partial charge >= 0.3 is 0 Å². The van der Waals surface area contributed by atoms with E-state index in [1.165, 1.54) is 0 Å². The molecule has 0 saturated heterocycles. The standard InChI is InChI=1S/C8H12O/c1-2-3-7-4-5-8(9)6-7/h2-3,7H,4-6H2,1H3. The number of Topliss-reactive ketones (excluding diaryl/α,β-unsaturated/α-hetero) is 1. The van der Waals surface area contributed by atoms with E-state index in [2.05, 4.69) is 6.08 Å². The Balaban J connectivity index is 2.39. The molecule has 0 heterocycles. The van der Waals surface area contributed by atoms with Crippen molar-refractivity contribution < 1.29 is 4.79 Å². The molecule has 1 nitrogen and oxygen atoms in total. The third-order valence-corrected chi connectivity index (χ3v) is 1.75. The molecule has 0 aromatic carbocycles. The topological polar surface area (TPSA) is 17.1 Å². The van der Waals surface area contributed by atoms with Gasteiger partial charge in [0.25, 0.3) is 0 Å². The highest BCUT2D eigenvalue weighted by Crippen LogP contribution is 2.22. The molecule has 0 N–H and O–H groups in total. The van der Waals surface area contributed by atoms with Gasteiger partial charge in [-0.25, -0.2) is 0 Å². The van der Waals surface area contributed by atoms with Crippen molar-refractivity contribution in [1.29, 1.82) is 0 Å². The van der Waals surface area contributed by atoms with Crippen molar-refractivity contribution in [2.75, 3.05) is 0 Å². The number of ketones is 1. The minimum atomic E-state index is 0.429. The first-order valence-corrected chi connectivity index (χ1v) is 3.47. The van der Waals surface area contributed by atoms with Crippen LogP contribution in [0.4, 0.5) is 0 Å². The predicted octanol–water partition coefficient (Wildman–Crippen LogP) is 1.93. The fourth-order valence-corrected chi connectivity index (χ4v) is 1.28. The third-order valence-electron chi connectivity index (χ3n) is 1.75. The van der Waals surface area contributed by atoms with Gasteiger partial charge in [-0.2, -0.15) is 0 Å². The molecule has 1 saturated carbocycles. The molecule has 1 unspecified atom stereocenters. The van der Waals surface area contributed by atoms with Gasteiger partial charge in [0.2, 0.25) is 0 Å². The van der Waals surface area contributed by atoms with Crippen molar-refractivity contribution in [2.24, 2.45) is 5.92 Å². The Hall–Kier alpha value is -0.590. The minimum Gasteiger partial charge on any atom is -0.300 e. The summed E-state index contributed by atoms with van der Waals surface area (Å²) in [7, 11) is 0. The molecular formula is C8H12O. The van der Waals surface area contributed by atoms with Crippen molar-refractivity contribution >= 4 is 5.78 Å². The molecule has 0 spiro atoms. The van der Waals surface area contributed by atoms with Crippen LogP contribution in [0.5, 0.6) is 0 Å². The molecule has 1 rings (SSSR count). The number of rotatable bonds is 1. The van der Waals surface area contributed by atoms with E-state index in [0.717, 1.165) is 19.3 Å². The van der Waals surface area contributed by atoms with E-state index in [-0.39, 0.29) is 0 Å². The van der Waals surface area contributed by atoms with Crippen molar-refractivity contribution in [3.05, 3.63) is 12.2 Å². The van der Waals surface area contributed by atoms with Crippen LogP contribution in [-0.4, -0.2) is 5.78 Å². The Labute approximate surface area is 55.8 Å². The Morgan fingerprint density at radius 1 is 1.67 bits per heavy atom. The summed E-state index contributed by atoms with van der Waals surface area (Å²) in [6.45, 7) is 2.00. The van der Waals surface area contributed by atoms with Crippen LogP contribution in [0.2, 0.25) is 0 Å². The van der Waals surface area contributed by atoms with Gasteiger partial charge in [0, 0.05) is 12.8 Å². The molecule has 0 radical (unpaired) electrons. The zero-order chi connectivity index (χ0) is 6.69. The van der Waals surface area contributed by atoms with Crippen LogP contribution >= 0.6 is 0 Å². The highest BCUT2D eigenvalue weighted by atomic mass is 16.1. The van der Waals surface area contributed by atoms with Gasteiger partial charge in [0.1, 0.15) is 5.78 Å². The lowest BCUT2D eigenvalue weighted by molar-refractivity contribution is -0.117. The Morgan fingerprint density at radius 3 is 2.89 bits per heavy atom. The molecule has 0 amide bonds. The maximum absolute atomic E-state index is 10.7. The molecule has 0 aliphatic heterocycles. The Morgan fingerprint density at radius 2 is 2.44 bits per heavy atom. The second kappa shape index (κ2) is 2.81. The van der Waals surface area contributed by atoms with Crippen LogP contribution in [0.25, 0.3) is 0 Å². The van der Waals surface area contributed by atoms with Gasteiger partial charge in [-0.1, -0.05) is 12.2 Å². The molecule has 1 heteroatoms. The summed E-state index contributed by atoms with van der Waals surface area (Å²) in [5, 5.41) is 0. The predicted molar refractivity (Wildman–Crippen MR) is 37.2 cm³/mol. The summed E-state index contributed by atoms with van der Waals surface area (Å²) in [4.78, 5) is 10.7. The molecule has 1 fully saturated rings. The van der Waals surface area contributed by atoms with Gasteiger partial charge in [-0.3, -0.25) is 4.79 Å². The summed E-state index contributed by atoms with van der Waals surface area (Å²) < 4.78 is 0. The monoisotopic (exact) mass is 124 g/mol. The number of allylic oxidation sites excluding steroid dienone is 2. The molecule has 9 heavy (non-hydrogen) atoms. The van der Waals surface area contributed by atoms with Crippen LogP contribution in [-0.2, 0) is 4.79 Å². The van der Waals surface area contributed by atoms with E-state index in [9.17, 15) is 4.79 Å². The van der Waals surface area contributed by atoms with Crippen molar-refractivity contribution in [3.63, 3.8) is 0 Å². The summed E-state index contributed by atoms with van der Waals surface area (Å²) in [6.07, 6.45) is 6.82. The van der Waals surface area contributed by atoms with Gasteiger partial charge in [-0.15, -0.1) is 0 Å². The number of carbonyl (C=O) groups is 1. The summed E-state index contributed by atoms with van der Waals surface area (Å²) >= 11 is 0. The lowest BCUT2D eigenvalue weighted by Crippen LogP contribution is -1.89. The fourth-order valence-electron chi connectivity index (χ4n) is 1.28. The van der Waals surface area contributed by atoms with Crippen molar-refractivity contribution in [2.45, 2.75) is 26.2 Å². The Bertz CT molecular complexity index is 136. The molecular weight excluding hydrogens is 112 g/mol. The molecule has 50 valence electrons. The first-order valence-electron chi connectivity index (χ1n) is 3.47. The second-order valence-corrected chi connectivity index (χ2v) is 2.57. The molecule has 0 aromatic rings. The smallest absolute Gasteiger partial charge is 0.133 e. The average molecular weight is 124 g/mol. The van der Waals surface area contributed by atoms with Crippen LogP contribution in [0.3, 0.4) is 0 Å². The lowest BCUT2D eigenvalue weighted by atomic mass is 10.1. The highest BCUT2D eigenvalue weighted by molar-refractivity contribution is 5.80. The van der Waals surface area contributed by atoms with Gasteiger partial charge < -0.3 is 0 Å². The van der Waals surface area contributed by atoms with Crippen molar-refractivity contribution in [1.82, 2.24) is 0 Å². The van der Waals surface area contributed by atoms with Gasteiger partial charge in [0.05, 0.1) is 0 Å². The minimum absolute atomic E-state index is 0.429. The first kappa shape index (κ1) is 6.53. The maximum Gasteiger partial charge on any atom is 0.133 e. The highest BCUT2D eigenvalue weighted by Gasteiger charge is 2.18. The van der Waals surface area contributed by atoms with Crippen LogP contribution in [0, 0.1) is 5.92 Å². The van der Waals surface area contributed by atoms with E-state index >= 15 is 0 Å². The zero-order valence-electron chi connectivity index (χ0n) is 5.76. The molecule has 0 bridgehead atoms. The van der Waals surface area contributed by atoms with Gasteiger partial charge in [-0.05, 0) is 19.3 Å². The van der Waals surface area contributed by atoms with Crippen LogP contribution in [0.1, 0.15) is 26.2 Å². The van der Waals surface area contributed by atoms with E-state index in [1.54, 1.807) is 0 Å². The number of hydrogen-bond donors (Lipinski definition) is 0. The number of carbonyl (C=O) groups excluding carboxylic acids is 1.